The predicted octanol–water partition coefficient (Wildman–Crippen LogP) is 4.46. The largest absolute Gasteiger partial charge is 0.457 e. The summed E-state index contributed by atoms with van der Waals surface area (Å²) in [6, 6.07) is 11.7. The molecule has 0 N–H and O–H groups in total. The average molecular weight is 308 g/mol. The zero-order valence-electron chi connectivity index (χ0n) is 9.59. The fraction of sp³-hybridized carbons (Fsp3) is 0.0769. The Bertz CT molecular complexity index is 599. The van der Waals surface area contributed by atoms with Gasteiger partial charge in [0, 0.05) is 10.5 Å². The van der Waals surface area contributed by atoms with Gasteiger partial charge < -0.3 is 4.74 Å². The molecular formula is C13H10BrNO3. The lowest BCUT2D eigenvalue weighted by Gasteiger charge is -2.07. The lowest BCUT2D eigenvalue weighted by atomic mass is 10.2. The molecule has 4 nitrogen and oxygen atoms in total. The highest BCUT2D eigenvalue weighted by atomic mass is 79.9. The third-order valence-electron chi connectivity index (χ3n) is 2.39. The van der Waals surface area contributed by atoms with Crippen LogP contribution in [0.5, 0.6) is 11.5 Å². The van der Waals surface area contributed by atoms with Gasteiger partial charge in [0.05, 0.1) is 11.0 Å². The molecule has 0 atom stereocenters. The minimum atomic E-state index is -0.445. The molecule has 0 bridgehead atoms. The Kier molecular flexibility index (Phi) is 3.62. The summed E-state index contributed by atoms with van der Waals surface area (Å²) in [5, 5.41) is 10.6. The maximum Gasteiger partial charge on any atom is 0.273 e. The lowest BCUT2D eigenvalue weighted by Crippen LogP contribution is -1.89. The highest BCUT2D eigenvalue weighted by molar-refractivity contribution is 9.10. The molecular weight excluding hydrogens is 298 g/mol. The first kappa shape index (κ1) is 12.6. The topological polar surface area (TPSA) is 52.4 Å². The molecule has 5 heteroatoms. The normalized spacial score (nSPS) is 10.1. The number of rotatable bonds is 3. The number of nitrogens with zero attached hydrogens (tertiary/aromatic N) is 1. The van der Waals surface area contributed by atoms with E-state index in [1.54, 1.807) is 18.2 Å². The lowest BCUT2D eigenvalue weighted by molar-refractivity contribution is -0.384. The van der Waals surface area contributed by atoms with Gasteiger partial charge >= 0.3 is 0 Å². The van der Waals surface area contributed by atoms with Crippen LogP contribution in [0.15, 0.2) is 46.9 Å². The number of hydrogen-bond donors (Lipinski definition) is 0. The van der Waals surface area contributed by atoms with Crippen LogP contribution in [0.25, 0.3) is 0 Å². The van der Waals surface area contributed by atoms with Crippen LogP contribution in [0.3, 0.4) is 0 Å². The Morgan fingerprint density at radius 3 is 2.56 bits per heavy atom. The zero-order chi connectivity index (χ0) is 13.1. The number of ether oxygens (including phenoxy) is 1. The number of non-ortho nitro benzene ring substituents is 1. The van der Waals surface area contributed by atoms with Gasteiger partial charge in [0.2, 0.25) is 0 Å². The van der Waals surface area contributed by atoms with Gasteiger partial charge in [-0.25, -0.2) is 0 Å². The summed E-state index contributed by atoms with van der Waals surface area (Å²) in [5.41, 5.74) is 1.05. The summed E-state index contributed by atoms with van der Waals surface area (Å²) in [4.78, 5) is 10.2. The van der Waals surface area contributed by atoms with Crippen LogP contribution in [0.2, 0.25) is 0 Å². The maximum absolute atomic E-state index is 10.6. The third-order valence-corrected chi connectivity index (χ3v) is 3.28. The second kappa shape index (κ2) is 5.18. The van der Waals surface area contributed by atoms with E-state index in [2.05, 4.69) is 15.9 Å². The van der Waals surface area contributed by atoms with Crippen LogP contribution < -0.4 is 4.74 Å². The van der Waals surface area contributed by atoms with Crippen molar-refractivity contribution < 1.29 is 9.66 Å². The van der Waals surface area contributed by atoms with Crippen molar-refractivity contribution in [1.82, 2.24) is 0 Å². The van der Waals surface area contributed by atoms with Gasteiger partial charge in [0.1, 0.15) is 11.5 Å². The molecule has 18 heavy (non-hydrogen) atoms. The number of aryl methyl sites for hydroxylation is 1. The number of halogens is 1. The van der Waals surface area contributed by atoms with Crippen LogP contribution in [0.4, 0.5) is 5.69 Å². The van der Waals surface area contributed by atoms with Crippen molar-refractivity contribution in [3.8, 4) is 11.5 Å². The van der Waals surface area contributed by atoms with E-state index in [0.29, 0.717) is 11.5 Å². The minimum absolute atomic E-state index is 0.0151. The summed E-state index contributed by atoms with van der Waals surface area (Å²) in [6.07, 6.45) is 0. The molecule has 0 spiro atoms. The van der Waals surface area contributed by atoms with Gasteiger partial charge in [-0.2, -0.15) is 0 Å². The van der Waals surface area contributed by atoms with E-state index in [1.165, 1.54) is 12.1 Å². The summed E-state index contributed by atoms with van der Waals surface area (Å²) in [5.74, 6) is 1.10. The van der Waals surface area contributed by atoms with Crippen molar-refractivity contribution in [2.75, 3.05) is 0 Å². The van der Waals surface area contributed by atoms with Crippen LogP contribution in [-0.4, -0.2) is 4.92 Å². The van der Waals surface area contributed by atoms with Gasteiger partial charge in [0.25, 0.3) is 5.69 Å². The molecule has 0 fully saturated rings. The number of nitro groups is 1. The molecule has 0 radical (unpaired) electrons. The quantitative estimate of drug-likeness (QED) is 0.621. The Morgan fingerprint density at radius 2 is 1.89 bits per heavy atom. The fourth-order valence-electron chi connectivity index (χ4n) is 1.48. The van der Waals surface area contributed by atoms with E-state index < -0.39 is 4.92 Å². The molecule has 92 valence electrons. The van der Waals surface area contributed by atoms with Crippen molar-refractivity contribution in [3.63, 3.8) is 0 Å². The summed E-state index contributed by atoms with van der Waals surface area (Å²) >= 11 is 3.40. The zero-order valence-corrected chi connectivity index (χ0v) is 11.2. The van der Waals surface area contributed by atoms with Gasteiger partial charge in [0.15, 0.2) is 0 Å². The summed E-state index contributed by atoms with van der Waals surface area (Å²) in [7, 11) is 0. The second-order valence-electron chi connectivity index (χ2n) is 3.77. The SMILES string of the molecule is Cc1cc(Oc2cccc([N+](=O)[O-])c2)ccc1Br. The molecule has 2 aromatic rings. The molecule has 0 heterocycles. The Balaban J connectivity index is 2.25. The van der Waals surface area contributed by atoms with Gasteiger partial charge in [-0.15, -0.1) is 0 Å². The Morgan fingerprint density at radius 1 is 1.17 bits per heavy atom. The molecule has 2 aromatic carbocycles. The molecule has 2 rings (SSSR count). The van der Waals surface area contributed by atoms with E-state index >= 15 is 0 Å². The first-order chi connectivity index (χ1) is 8.56. The van der Waals surface area contributed by atoms with Crippen LogP contribution in [0.1, 0.15) is 5.56 Å². The van der Waals surface area contributed by atoms with E-state index in [-0.39, 0.29) is 5.69 Å². The minimum Gasteiger partial charge on any atom is -0.457 e. The first-order valence-electron chi connectivity index (χ1n) is 5.25. The Hall–Kier alpha value is -1.88. The van der Waals surface area contributed by atoms with Gasteiger partial charge in [-0.3, -0.25) is 10.1 Å². The fourth-order valence-corrected chi connectivity index (χ4v) is 1.72. The van der Waals surface area contributed by atoms with E-state index in [1.807, 2.05) is 19.1 Å². The van der Waals surface area contributed by atoms with Crippen LogP contribution in [0, 0.1) is 17.0 Å². The molecule has 0 aliphatic carbocycles. The van der Waals surface area contributed by atoms with Crippen molar-refractivity contribution in [2.24, 2.45) is 0 Å². The highest BCUT2D eigenvalue weighted by Gasteiger charge is 2.07. The molecule has 0 saturated carbocycles. The molecule has 0 aromatic heterocycles. The van der Waals surface area contributed by atoms with Gasteiger partial charge in [-0.05, 0) is 36.8 Å². The number of benzene rings is 2. The molecule has 0 amide bonds. The molecule has 0 aliphatic rings. The molecule has 0 unspecified atom stereocenters. The average Bonchev–Trinajstić information content (AvgIpc) is 2.34. The van der Waals surface area contributed by atoms with E-state index in [4.69, 9.17) is 4.74 Å². The highest BCUT2D eigenvalue weighted by Crippen LogP contribution is 2.28. The smallest absolute Gasteiger partial charge is 0.273 e. The van der Waals surface area contributed by atoms with Crippen molar-refractivity contribution in [2.45, 2.75) is 6.92 Å². The van der Waals surface area contributed by atoms with Crippen molar-refractivity contribution in [1.29, 1.82) is 0 Å². The van der Waals surface area contributed by atoms with Crippen LogP contribution in [-0.2, 0) is 0 Å². The monoisotopic (exact) mass is 307 g/mol. The Labute approximate surface area is 112 Å². The van der Waals surface area contributed by atoms with E-state index in [0.717, 1.165) is 10.0 Å². The summed E-state index contributed by atoms with van der Waals surface area (Å²) < 4.78 is 6.57. The number of nitro benzene ring substituents is 1. The molecule has 0 aliphatic heterocycles. The first-order valence-corrected chi connectivity index (χ1v) is 6.04. The predicted molar refractivity (Wildman–Crippen MR) is 72.0 cm³/mol. The second-order valence-corrected chi connectivity index (χ2v) is 4.62. The standard InChI is InChI=1S/C13H10BrNO3/c1-9-7-12(5-6-13(9)14)18-11-4-2-3-10(8-11)15(16)17/h2-8H,1H3. The third kappa shape index (κ3) is 2.87. The summed E-state index contributed by atoms with van der Waals surface area (Å²) in [6.45, 7) is 1.95. The van der Waals surface area contributed by atoms with Crippen molar-refractivity contribution in [3.05, 3.63) is 62.6 Å². The van der Waals surface area contributed by atoms with Crippen LogP contribution >= 0.6 is 15.9 Å². The molecule has 0 saturated heterocycles. The van der Waals surface area contributed by atoms with Crippen molar-refractivity contribution >= 4 is 21.6 Å². The van der Waals surface area contributed by atoms with E-state index in [9.17, 15) is 10.1 Å². The maximum atomic E-state index is 10.6. The van der Waals surface area contributed by atoms with Gasteiger partial charge in [-0.1, -0.05) is 22.0 Å². The number of hydrogen-bond acceptors (Lipinski definition) is 3.